The zero-order valence-corrected chi connectivity index (χ0v) is 17.8. The topological polar surface area (TPSA) is 90.1 Å². The number of hydrogen-bond acceptors (Lipinski definition) is 4. The highest BCUT2D eigenvalue weighted by atomic mass is 16.6. The number of rotatable bonds is 6. The Morgan fingerprint density at radius 3 is 2.27 bits per heavy atom. The molecule has 0 saturated heterocycles. The molecule has 156 valence electrons. The van der Waals surface area contributed by atoms with E-state index in [1.807, 2.05) is 52.8 Å². The summed E-state index contributed by atoms with van der Waals surface area (Å²) in [6.07, 6.45) is 0. The monoisotopic (exact) mass is 406 g/mol. The Balaban J connectivity index is 2.08. The van der Waals surface area contributed by atoms with Crippen molar-refractivity contribution >= 4 is 11.6 Å². The van der Waals surface area contributed by atoms with Crippen LogP contribution < -0.4 is 5.32 Å². The molecule has 0 radical (unpaired) electrons. The number of nitrogens with one attached hydrogen (secondary N) is 1. The molecule has 1 N–H and O–H groups in total. The van der Waals surface area contributed by atoms with Crippen LogP contribution in [0.25, 0.3) is 16.9 Å². The van der Waals surface area contributed by atoms with Crippen LogP contribution in [0.4, 0.5) is 5.69 Å². The molecular weight excluding hydrogens is 380 g/mol. The number of nitrogens with zero attached hydrogens (tertiary/aromatic N) is 3. The van der Waals surface area contributed by atoms with Crippen molar-refractivity contribution in [2.75, 3.05) is 0 Å². The molecule has 1 atom stereocenters. The number of amides is 1. The zero-order valence-electron chi connectivity index (χ0n) is 17.8. The van der Waals surface area contributed by atoms with Gasteiger partial charge >= 0.3 is 0 Å². The summed E-state index contributed by atoms with van der Waals surface area (Å²) in [5.74, 6) is 0.0426. The van der Waals surface area contributed by atoms with E-state index >= 15 is 0 Å². The first kappa shape index (κ1) is 21.2. The molecule has 3 aromatic rings. The summed E-state index contributed by atoms with van der Waals surface area (Å²) in [5, 5.41) is 18.6. The summed E-state index contributed by atoms with van der Waals surface area (Å²) in [7, 11) is 0. The van der Waals surface area contributed by atoms with E-state index in [1.54, 1.807) is 18.2 Å². The van der Waals surface area contributed by atoms with E-state index in [9.17, 15) is 14.9 Å². The first-order chi connectivity index (χ1) is 14.2. The van der Waals surface area contributed by atoms with Gasteiger partial charge in [0.25, 0.3) is 11.6 Å². The molecule has 0 aliphatic rings. The maximum Gasteiger partial charge on any atom is 0.270 e. The standard InChI is InChI=1S/C23H26N4O3/c1-14(2)17(5)24-23(28)22-13-21(18-7-6-15(3)16(4)12-18)25-26(22)19-8-10-20(11-9-19)27(29)30/h6-14,17H,1-5H3,(H,24,28). The summed E-state index contributed by atoms with van der Waals surface area (Å²) in [6, 6.07) is 13.8. The quantitative estimate of drug-likeness (QED) is 0.468. The van der Waals surface area contributed by atoms with Gasteiger partial charge in [0.1, 0.15) is 5.69 Å². The van der Waals surface area contributed by atoms with Crippen LogP contribution >= 0.6 is 0 Å². The Hall–Kier alpha value is -3.48. The third-order valence-corrected chi connectivity index (χ3v) is 5.41. The van der Waals surface area contributed by atoms with Gasteiger partial charge in [0, 0.05) is 23.7 Å². The summed E-state index contributed by atoms with van der Waals surface area (Å²) in [4.78, 5) is 23.5. The van der Waals surface area contributed by atoms with E-state index in [-0.39, 0.29) is 23.6 Å². The number of aryl methyl sites for hydroxylation is 2. The number of nitro groups is 1. The molecule has 7 heteroatoms. The van der Waals surface area contributed by atoms with Gasteiger partial charge in [0.2, 0.25) is 0 Å². The molecule has 0 aliphatic carbocycles. The Kier molecular flexibility index (Phi) is 6.01. The maximum atomic E-state index is 13.0. The van der Waals surface area contributed by atoms with Gasteiger partial charge in [-0.2, -0.15) is 5.10 Å². The lowest BCUT2D eigenvalue weighted by Gasteiger charge is -2.17. The highest BCUT2D eigenvalue weighted by Crippen LogP contribution is 2.25. The Morgan fingerprint density at radius 2 is 1.70 bits per heavy atom. The second kappa shape index (κ2) is 8.49. The van der Waals surface area contributed by atoms with Crippen molar-refractivity contribution in [3.63, 3.8) is 0 Å². The Bertz CT molecular complexity index is 1080. The molecule has 3 rings (SSSR count). The zero-order chi connectivity index (χ0) is 22.0. The van der Waals surface area contributed by atoms with E-state index in [2.05, 4.69) is 10.4 Å². The van der Waals surface area contributed by atoms with Crippen molar-refractivity contribution in [1.82, 2.24) is 15.1 Å². The Labute approximate surface area is 175 Å². The highest BCUT2D eigenvalue weighted by molar-refractivity contribution is 5.94. The van der Waals surface area contributed by atoms with Crippen LogP contribution in [0.1, 0.15) is 42.4 Å². The molecule has 0 aliphatic heterocycles. The SMILES string of the molecule is Cc1ccc(-c2cc(C(=O)NC(C)C(C)C)n(-c3ccc([N+](=O)[O-])cc3)n2)cc1C. The molecule has 0 spiro atoms. The number of carbonyl (C=O) groups is 1. The van der Waals surface area contributed by atoms with Crippen molar-refractivity contribution in [2.24, 2.45) is 5.92 Å². The summed E-state index contributed by atoms with van der Waals surface area (Å²) < 4.78 is 1.54. The van der Waals surface area contributed by atoms with Crippen LogP contribution in [0, 0.1) is 29.9 Å². The van der Waals surface area contributed by atoms with Gasteiger partial charge in [-0.1, -0.05) is 26.0 Å². The third kappa shape index (κ3) is 4.40. The fraction of sp³-hybridized carbons (Fsp3) is 0.304. The minimum atomic E-state index is -0.453. The molecule has 1 amide bonds. The lowest BCUT2D eigenvalue weighted by molar-refractivity contribution is -0.384. The fourth-order valence-corrected chi connectivity index (χ4v) is 2.94. The second-order valence-electron chi connectivity index (χ2n) is 7.91. The predicted molar refractivity (Wildman–Crippen MR) is 117 cm³/mol. The molecular formula is C23H26N4O3. The number of aromatic nitrogens is 2. The van der Waals surface area contributed by atoms with Crippen LogP contribution in [0.3, 0.4) is 0 Å². The lowest BCUT2D eigenvalue weighted by atomic mass is 10.0. The Morgan fingerprint density at radius 1 is 1.03 bits per heavy atom. The fourth-order valence-electron chi connectivity index (χ4n) is 2.94. The van der Waals surface area contributed by atoms with Gasteiger partial charge < -0.3 is 5.32 Å². The molecule has 1 aromatic heterocycles. The molecule has 2 aromatic carbocycles. The maximum absolute atomic E-state index is 13.0. The van der Waals surface area contributed by atoms with Crippen molar-refractivity contribution < 1.29 is 9.72 Å². The second-order valence-corrected chi connectivity index (χ2v) is 7.91. The van der Waals surface area contributed by atoms with Crippen molar-refractivity contribution in [1.29, 1.82) is 0 Å². The van der Waals surface area contributed by atoms with Crippen LogP contribution in [0.5, 0.6) is 0 Å². The highest BCUT2D eigenvalue weighted by Gasteiger charge is 2.21. The summed E-state index contributed by atoms with van der Waals surface area (Å²) in [5.41, 5.74) is 4.83. The third-order valence-electron chi connectivity index (χ3n) is 5.41. The average molecular weight is 406 g/mol. The van der Waals surface area contributed by atoms with Crippen LogP contribution in [0.2, 0.25) is 0 Å². The van der Waals surface area contributed by atoms with Gasteiger partial charge in [0.15, 0.2) is 0 Å². The molecule has 0 fully saturated rings. The van der Waals surface area contributed by atoms with E-state index in [4.69, 9.17) is 0 Å². The van der Waals surface area contributed by atoms with E-state index < -0.39 is 4.92 Å². The predicted octanol–water partition coefficient (Wildman–Crippen LogP) is 4.84. The number of hydrogen-bond donors (Lipinski definition) is 1. The number of nitro benzene ring substituents is 1. The minimum Gasteiger partial charge on any atom is -0.348 e. The molecule has 30 heavy (non-hydrogen) atoms. The van der Waals surface area contributed by atoms with Gasteiger partial charge in [0.05, 0.1) is 16.3 Å². The van der Waals surface area contributed by atoms with Crippen LogP contribution in [-0.4, -0.2) is 26.7 Å². The van der Waals surface area contributed by atoms with E-state index in [1.165, 1.54) is 22.4 Å². The smallest absolute Gasteiger partial charge is 0.270 e. The van der Waals surface area contributed by atoms with Crippen molar-refractivity contribution in [3.8, 4) is 16.9 Å². The summed E-state index contributed by atoms with van der Waals surface area (Å²) >= 11 is 0. The van der Waals surface area contributed by atoms with Crippen molar-refractivity contribution in [2.45, 2.75) is 40.7 Å². The van der Waals surface area contributed by atoms with Crippen LogP contribution in [0.15, 0.2) is 48.5 Å². The number of carbonyl (C=O) groups excluding carboxylic acids is 1. The van der Waals surface area contributed by atoms with Crippen molar-refractivity contribution in [3.05, 3.63) is 75.5 Å². The number of non-ortho nitro benzene ring substituents is 1. The minimum absolute atomic E-state index is 0.0113. The molecule has 0 bridgehead atoms. The molecule has 1 heterocycles. The van der Waals surface area contributed by atoms with Gasteiger partial charge in [-0.25, -0.2) is 4.68 Å². The van der Waals surface area contributed by atoms with Gasteiger partial charge in [-0.3, -0.25) is 14.9 Å². The molecule has 0 saturated carbocycles. The summed E-state index contributed by atoms with van der Waals surface area (Å²) in [6.45, 7) is 10.1. The van der Waals surface area contributed by atoms with Gasteiger partial charge in [-0.05, 0) is 62.1 Å². The molecule has 1 unspecified atom stereocenters. The first-order valence-electron chi connectivity index (χ1n) is 9.90. The first-order valence-corrected chi connectivity index (χ1v) is 9.90. The lowest BCUT2D eigenvalue weighted by Crippen LogP contribution is -2.37. The normalized spacial score (nSPS) is 12.1. The van der Waals surface area contributed by atoms with E-state index in [0.717, 1.165) is 11.1 Å². The van der Waals surface area contributed by atoms with Crippen LogP contribution in [-0.2, 0) is 0 Å². The van der Waals surface area contributed by atoms with Gasteiger partial charge in [-0.15, -0.1) is 0 Å². The number of benzene rings is 2. The average Bonchev–Trinajstić information content (AvgIpc) is 3.15. The largest absolute Gasteiger partial charge is 0.348 e. The molecule has 7 nitrogen and oxygen atoms in total. The van der Waals surface area contributed by atoms with E-state index in [0.29, 0.717) is 17.1 Å².